The Morgan fingerprint density at radius 1 is 1.29 bits per heavy atom. The van der Waals surface area contributed by atoms with Crippen molar-refractivity contribution < 1.29 is 22.4 Å². The third kappa shape index (κ3) is 4.42. The van der Waals surface area contributed by atoms with E-state index >= 15 is 0 Å². The summed E-state index contributed by atoms with van der Waals surface area (Å²) in [7, 11) is 0. The second-order valence-electron chi connectivity index (χ2n) is 4.60. The SMILES string of the molecule is CCCCN(CCN)C(=O)c1cccc(C(F)(F)F)c1F. The fraction of sp³-hybridized carbons (Fsp3) is 0.500. The molecule has 0 fully saturated rings. The number of benzene rings is 1. The van der Waals surface area contributed by atoms with Crippen LogP contribution in [0.1, 0.15) is 35.7 Å². The number of carbonyl (C=O) groups excluding carboxylic acids is 1. The van der Waals surface area contributed by atoms with E-state index in [1.807, 2.05) is 6.92 Å². The molecule has 0 unspecified atom stereocenters. The number of rotatable bonds is 6. The van der Waals surface area contributed by atoms with Crippen molar-refractivity contribution in [3.8, 4) is 0 Å². The van der Waals surface area contributed by atoms with E-state index < -0.39 is 29.0 Å². The number of alkyl halides is 3. The molecular weight excluding hydrogens is 288 g/mol. The van der Waals surface area contributed by atoms with Gasteiger partial charge in [-0.05, 0) is 18.6 Å². The average molecular weight is 306 g/mol. The summed E-state index contributed by atoms with van der Waals surface area (Å²) in [5.74, 6) is -2.30. The first-order chi connectivity index (χ1) is 9.82. The molecule has 1 amide bonds. The zero-order valence-corrected chi connectivity index (χ0v) is 11.7. The molecule has 0 aliphatic rings. The highest BCUT2D eigenvalue weighted by atomic mass is 19.4. The van der Waals surface area contributed by atoms with E-state index in [1.165, 1.54) is 4.90 Å². The maximum absolute atomic E-state index is 13.9. The topological polar surface area (TPSA) is 46.3 Å². The van der Waals surface area contributed by atoms with E-state index in [-0.39, 0.29) is 13.1 Å². The van der Waals surface area contributed by atoms with Gasteiger partial charge in [-0.15, -0.1) is 0 Å². The van der Waals surface area contributed by atoms with E-state index in [0.29, 0.717) is 19.0 Å². The summed E-state index contributed by atoms with van der Waals surface area (Å²) < 4.78 is 51.9. The van der Waals surface area contributed by atoms with Crippen LogP contribution in [0, 0.1) is 5.82 Å². The first kappa shape index (κ1) is 17.4. The summed E-state index contributed by atoms with van der Waals surface area (Å²) in [5.41, 5.74) is 3.38. The first-order valence-electron chi connectivity index (χ1n) is 6.68. The second kappa shape index (κ2) is 7.40. The lowest BCUT2D eigenvalue weighted by molar-refractivity contribution is -0.140. The van der Waals surface area contributed by atoms with Gasteiger partial charge in [0.15, 0.2) is 0 Å². The van der Waals surface area contributed by atoms with Gasteiger partial charge in [0.25, 0.3) is 5.91 Å². The summed E-state index contributed by atoms with van der Waals surface area (Å²) >= 11 is 0. The summed E-state index contributed by atoms with van der Waals surface area (Å²) in [6.45, 7) is 2.59. The lowest BCUT2D eigenvalue weighted by Crippen LogP contribution is -2.36. The minimum atomic E-state index is -4.83. The van der Waals surface area contributed by atoms with Crippen LogP contribution in [0.2, 0.25) is 0 Å². The minimum absolute atomic E-state index is 0.163. The summed E-state index contributed by atoms with van der Waals surface area (Å²) in [6.07, 6.45) is -3.35. The Bertz CT molecular complexity index is 488. The third-order valence-corrected chi connectivity index (χ3v) is 3.00. The number of carbonyl (C=O) groups is 1. The Morgan fingerprint density at radius 3 is 2.48 bits per heavy atom. The number of hydrogen-bond acceptors (Lipinski definition) is 2. The summed E-state index contributed by atoms with van der Waals surface area (Å²) in [4.78, 5) is 13.5. The van der Waals surface area contributed by atoms with E-state index in [1.54, 1.807) is 0 Å². The van der Waals surface area contributed by atoms with Crippen molar-refractivity contribution in [2.75, 3.05) is 19.6 Å². The van der Waals surface area contributed by atoms with Crippen LogP contribution in [0.25, 0.3) is 0 Å². The quantitative estimate of drug-likeness (QED) is 0.821. The Kier molecular flexibility index (Phi) is 6.14. The Balaban J connectivity index is 3.10. The highest BCUT2D eigenvalue weighted by Gasteiger charge is 2.36. The predicted octanol–water partition coefficient (Wildman–Crippen LogP) is 3.05. The van der Waals surface area contributed by atoms with Crippen LogP contribution in [0.4, 0.5) is 17.6 Å². The maximum atomic E-state index is 13.9. The lowest BCUT2D eigenvalue weighted by atomic mass is 10.1. The largest absolute Gasteiger partial charge is 0.419 e. The Hall–Kier alpha value is -1.63. The van der Waals surface area contributed by atoms with Crippen molar-refractivity contribution in [1.29, 1.82) is 0 Å². The third-order valence-electron chi connectivity index (χ3n) is 3.00. The standard InChI is InChI=1S/C14H18F4N2O/c1-2-3-8-20(9-7-19)13(21)10-5-4-6-11(12(10)15)14(16,17)18/h4-6H,2-3,7-9,19H2,1H3. The van der Waals surface area contributed by atoms with Crippen molar-refractivity contribution in [3.63, 3.8) is 0 Å². The molecule has 118 valence electrons. The molecule has 0 aliphatic carbocycles. The normalized spacial score (nSPS) is 11.5. The molecule has 7 heteroatoms. The molecule has 0 aromatic heterocycles. The van der Waals surface area contributed by atoms with Gasteiger partial charge in [0.1, 0.15) is 5.82 Å². The highest BCUT2D eigenvalue weighted by Crippen LogP contribution is 2.32. The second-order valence-corrected chi connectivity index (χ2v) is 4.60. The van der Waals surface area contributed by atoms with Gasteiger partial charge in [-0.1, -0.05) is 19.4 Å². The Labute approximate surface area is 120 Å². The number of unbranched alkanes of at least 4 members (excludes halogenated alkanes) is 1. The van der Waals surface area contributed by atoms with Crippen LogP contribution in [0.5, 0.6) is 0 Å². The van der Waals surface area contributed by atoms with Gasteiger partial charge in [-0.25, -0.2) is 4.39 Å². The average Bonchev–Trinajstić information content (AvgIpc) is 2.41. The molecule has 1 aromatic carbocycles. The monoisotopic (exact) mass is 306 g/mol. The number of hydrogen-bond donors (Lipinski definition) is 1. The molecule has 1 aromatic rings. The molecule has 21 heavy (non-hydrogen) atoms. The number of nitrogens with zero attached hydrogens (tertiary/aromatic N) is 1. The van der Waals surface area contributed by atoms with E-state index in [2.05, 4.69) is 0 Å². The van der Waals surface area contributed by atoms with Crippen LogP contribution in [0.15, 0.2) is 18.2 Å². The van der Waals surface area contributed by atoms with Gasteiger partial charge in [0.2, 0.25) is 0 Å². The molecule has 0 spiro atoms. The molecular formula is C14H18F4N2O. The van der Waals surface area contributed by atoms with Crippen molar-refractivity contribution in [1.82, 2.24) is 4.90 Å². The van der Waals surface area contributed by atoms with Crippen molar-refractivity contribution in [2.24, 2.45) is 5.73 Å². The fourth-order valence-electron chi connectivity index (χ4n) is 1.91. The zero-order valence-electron chi connectivity index (χ0n) is 11.7. The first-order valence-corrected chi connectivity index (χ1v) is 6.68. The van der Waals surface area contributed by atoms with Crippen LogP contribution < -0.4 is 5.73 Å². The van der Waals surface area contributed by atoms with E-state index in [0.717, 1.165) is 18.6 Å². The zero-order chi connectivity index (χ0) is 16.0. The summed E-state index contributed by atoms with van der Waals surface area (Å²) in [5, 5.41) is 0. The van der Waals surface area contributed by atoms with Gasteiger partial charge in [0.05, 0.1) is 11.1 Å². The molecule has 0 heterocycles. The smallest absolute Gasteiger partial charge is 0.337 e. The highest BCUT2D eigenvalue weighted by molar-refractivity contribution is 5.94. The van der Waals surface area contributed by atoms with E-state index in [9.17, 15) is 22.4 Å². The van der Waals surface area contributed by atoms with E-state index in [4.69, 9.17) is 5.73 Å². The predicted molar refractivity (Wildman–Crippen MR) is 71.3 cm³/mol. The van der Waals surface area contributed by atoms with Gasteiger partial charge >= 0.3 is 6.18 Å². The van der Waals surface area contributed by atoms with Crippen molar-refractivity contribution in [3.05, 3.63) is 35.1 Å². The number of nitrogens with two attached hydrogens (primary N) is 1. The van der Waals surface area contributed by atoms with Crippen LogP contribution in [0.3, 0.4) is 0 Å². The molecule has 0 saturated carbocycles. The molecule has 0 radical (unpaired) electrons. The molecule has 2 N–H and O–H groups in total. The lowest BCUT2D eigenvalue weighted by Gasteiger charge is -2.22. The van der Waals surface area contributed by atoms with Gasteiger partial charge in [0, 0.05) is 19.6 Å². The Morgan fingerprint density at radius 2 is 1.95 bits per heavy atom. The van der Waals surface area contributed by atoms with Crippen LogP contribution in [-0.2, 0) is 6.18 Å². The molecule has 0 bridgehead atoms. The molecule has 0 aliphatic heterocycles. The minimum Gasteiger partial charge on any atom is -0.337 e. The molecule has 0 saturated heterocycles. The number of halogens is 4. The van der Waals surface area contributed by atoms with Gasteiger partial charge in [-0.3, -0.25) is 4.79 Å². The van der Waals surface area contributed by atoms with Crippen LogP contribution >= 0.6 is 0 Å². The van der Waals surface area contributed by atoms with Crippen molar-refractivity contribution >= 4 is 5.91 Å². The molecule has 1 rings (SSSR count). The fourth-order valence-corrected chi connectivity index (χ4v) is 1.91. The summed E-state index contributed by atoms with van der Waals surface area (Å²) in [6, 6.07) is 2.70. The number of amides is 1. The van der Waals surface area contributed by atoms with Crippen LogP contribution in [-0.4, -0.2) is 30.4 Å². The molecule has 0 atom stereocenters. The maximum Gasteiger partial charge on any atom is 0.419 e. The molecule has 3 nitrogen and oxygen atoms in total. The van der Waals surface area contributed by atoms with Gasteiger partial charge in [-0.2, -0.15) is 13.2 Å². The van der Waals surface area contributed by atoms with Gasteiger partial charge < -0.3 is 10.6 Å². The van der Waals surface area contributed by atoms with Crippen molar-refractivity contribution in [2.45, 2.75) is 25.9 Å².